The summed E-state index contributed by atoms with van der Waals surface area (Å²) >= 11 is 0. The Balaban J connectivity index is 2.12. The van der Waals surface area contributed by atoms with Crippen LogP contribution < -0.4 is 11.1 Å². The minimum atomic E-state index is -4.60. The number of aryl methyl sites for hydroxylation is 1. The lowest BCUT2D eigenvalue weighted by Crippen LogP contribution is -2.24. The summed E-state index contributed by atoms with van der Waals surface area (Å²) in [7, 11) is 1.72. The fourth-order valence-electron chi connectivity index (χ4n) is 1.77. The van der Waals surface area contributed by atoms with Gasteiger partial charge in [0.15, 0.2) is 0 Å². The Morgan fingerprint density at radius 3 is 2.67 bits per heavy atom. The van der Waals surface area contributed by atoms with Crippen LogP contribution in [0.25, 0.3) is 0 Å². The van der Waals surface area contributed by atoms with E-state index in [0.717, 1.165) is 12.1 Å². The summed E-state index contributed by atoms with van der Waals surface area (Å²) in [5.74, 6) is -0.619. The fraction of sp³-hybridized carbons (Fsp3) is 0.231. The molecule has 0 fully saturated rings. The van der Waals surface area contributed by atoms with Crippen LogP contribution in [0.3, 0.4) is 0 Å². The average Bonchev–Trinajstić information content (AvgIpc) is 2.81. The fourth-order valence-corrected chi connectivity index (χ4v) is 1.77. The van der Waals surface area contributed by atoms with E-state index in [2.05, 4.69) is 10.4 Å². The summed E-state index contributed by atoms with van der Waals surface area (Å²) in [6.07, 6.45) is -2.90. The van der Waals surface area contributed by atoms with Crippen molar-refractivity contribution in [2.24, 2.45) is 7.05 Å². The number of carbonyl (C=O) groups excluding carboxylic acids is 1. The van der Waals surface area contributed by atoms with Gasteiger partial charge in [0.05, 0.1) is 17.8 Å². The van der Waals surface area contributed by atoms with Gasteiger partial charge in [0.25, 0.3) is 5.91 Å². The van der Waals surface area contributed by atoms with Crippen LogP contribution >= 0.6 is 0 Å². The molecule has 2 rings (SSSR count). The van der Waals surface area contributed by atoms with Crippen LogP contribution in [0.1, 0.15) is 21.6 Å². The SMILES string of the molecule is Cn1ccc(CNC(=O)c2ccc(N)c(C(F)(F)F)c2)n1. The first kappa shape index (κ1) is 14.9. The second-order valence-electron chi connectivity index (χ2n) is 4.46. The number of nitrogens with zero attached hydrogens (tertiary/aromatic N) is 2. The molecule has 3 N–H and O–H groups in total. The number of nitrogen functional groups attached to an aromatic ring is 1. The molecule has 0 aliphatic rings. The van der Waals surface area contributed by atoms with Crippen LogP contribution in [-0.2, 0) is 19.8 Å². The Bertz CT molecular complexity index is 664. The van der Waals surface area contributed by atoms with Crippen molar-refractivity contribution >= 4 is 11.6 Å². The molecule has 0 spiro atoms. The van der Waals surface area contributed by atoms with Gasteiger partial charge in [0, 0.05) is 24.5 Å². The lowest BCUT2D eigenvalue weighted by atomic mass is 10.1. The van der Waals surface area contributed by atoms with Crippen LogP contribution in [-0.4, -0.2) is 15.7 Å². The number of alkyl halides is 3. The van der Waals surface area contributed by atoms with Crippen LogP contribution in [0.15, 0.2) is 30.5 Å². The van der Waals surface area contributed by atoms with Gasteiger partial charge in [-0.05, 0) is 24.3 Å². The van der Waals surface area contributed by atoms with Crippen molar-refractivity contribution in [2.45, 2.75) is 12.7 Å². The molecule has 0 unspecified atom stereocenters. The highest BCUT2D eigenvalue weighted by atomic mass is 19.4. The molecule has 1 amide bonds. The first-order valence-electron chi connectivity index (χ1n) is 6.01. The van der Waals surface area contributed by atoms with E-state index < -0.39 is 23.3 Å². The summed E-state index contributed by atoms with van der Waals surface area (Å²) in [4.78, 5) is 11.9. The number of hydrogen-bond acceptors (Lipinski definition) is 3. The topological polar surface area (TPSA) is 72.9 Å². The second kappa shape index (κ2) is 5.47. The third-order valence-electron chi connectivity index (χ3n) is 2.82. The highest BCUT2D eigenvalue weighted by Gasteiger charge is 2.33. The van der Waals surface area contributed by atoms with Gasteiger partial charge in [0.1, 0.15) is 0 Å². The molecule has 0 atom stereocenters. The summed E-state index contributed by atoms with van der Waals surface area (Å²) in [5, 5.41) is 6.55. The smallest absolute Gasteiger partial charge is 0.398 e. The van der Waals surface area contributed by atoms with Crippen LogP contribution in [0.2, 0.25) is 0 Å². The van der Waals surface area contributed by atoms with Gasteiger partial charge in [0.2, 0.25) is 0 Å². The summed E-state index contributed by atoms with van der Waals surface area (Å²) in [6, 6.07) is 4.75. The summed E-state index contributed by atoms with van der Waals surface area (Å²) < 4.78 is 39.7. The number of halogens is 3. The largest absolute Gasteiger partial charge is 0.418 e. The zero-order valence-electron chi connectivity index (χ0n) is 11.1. The normalized spacial score (nSPS) is 11.4. The number of nitrogens with two attached hydrogens (primary N) is 1. The number of hydrogen-bond donors (Lipinski definition) is 2. The number of benzene rings is 1. The van der Waals surface area contributed by atoms with E-state index in [1.807, 2.05) is 0 Å². The Kier molecular flexibility index (Phi) is 3.88. The van der Waals surface area contributed by atoms with E-state index >= 15 is 0 Å². The summed E-state index contributed by atoms with van der Waals surface area (Å²) in [6.45, 7) is 0.130. The molecule has 2 aromatic rings. The van der Waals surface area contributed by atoms with Crippen LogP contribution in [0.5, 0.6) is 0 Å². The molecule has 8 heteroatoms. The van der Waals surface area contributed by atoms with E-state index in [1.54, 1.807) is 24.0 Å². The van der Waals surface area contributed by atoms with Gasteiger partial charge in [-0.25, -0.2) is 0 Å². The monoisotopic (exact) mass is 298 g/mol. The number of amides is 1. The van der Waals surface area contributed by atoms with E-state index in [0.29, 0.717) is 5.69 Å². The number of nitrogens with one attached hydrogen (secondary N) is 1. The third-order valence-corrected chi connectivity index (χ3v) is 2.82. The predicted octanol–water partition coefficient (Wildman–Crippen LogP) is 1.95. The molecule has 21 heavy (non-hydrogen) atoms. The molecule has 0 aliphatic heterocycles. The molecular formula is C13H13F3N4O. The molecule has 0 bridgehead atoms. The van der Waals surface area contributed by atoms with Crippen molar-refractivity contribution in [1.29, 1.82) is 0 Å². The van der Waals surface area contributed by atoms with Gasteiger partial charge in [-0.1, -0.05) is 0 Å². The van der Waals surface area contributed by atoms with Gasteiger partial charge in [-0.3, -0.25) is 9.48 Å². The van der Waals surface area contributed by atoms with E-state index in [-0.39, 0.29) is 12.1 Å². The molecular weight excluding hydrogens is 285 g/mol. The molecule has 1 aromatic carbocycles. The average molecular weight is 298 g/mol. The first-order valence-corrected chi connectivity index (χ1v) is 6.01. The van der Waals surface area contributed by atoms with Crippen molar-refractivity contribution in [2.75, 3.05) is 5.73 Å². The lowest BCUT2D eigenvalue weighted by molar-refractivity contribution is -0.136. The molecule has 0 saturated carbocycles. The van der Waals surface area contributed by atoms with Crippen molar-refractivity contribution in [3.8, 4) is 0 Å². The Morgan fingerprint density at radius 2 is 2.10 bits per heavy atom. The van der Waals surface area contributed by atoms with Gasteiger partial charge in [-0.2, -0.15) is 18.3 Å². The lowest BCUT2D eigenvalue weighted by Gasteiger charge is -2.11. The molecule has 1 aromatic heterocycles. The van der Waals surface area contributed by atoms with Gasteiger partial charge < -0.3 is 11.1 Å². The van der Waals surface area contributed by atoms with Crippen molar-refractivity contribution < 1.29 is 18.0 Å². The second-order valence-corrected chi connectivity index (χ2v) is 4.46. The standard InChI is InChI=1S/C13H13F3N4O/c1-20-5-4-9(19-20)7-18-12(21)8-2-3-11(17)10(6-8)13(14,15)16/h2-6H,7,17H2,1H3,(H,18,21). The quantitative estimate of drug-likeness (QED) is 0.851. The maximum absolute atomic E-state index is 12.7. The number of rotatable bonds is 3. The van der Waals surface area contributed by atoms with E-state index in [4.69, 9.17) is 5.73 Å². The maximum atomic E-state index is 12.7. The van der Waals surface area contributed by atoms with Crippen LogP contribution in [0.4, 0.5) is 18.9 Å². The Morgan fingerprint density at radius 1 is 1.38 bits per heavy atom. The molecule has 0 radical (unpaired) electrons. The zero-order chi connectivity index (χ0) is 15.6. The Labute approximate surface area is 118 Å². The molecule has 112 valence electrons. The number of carbonyl (C=O) groups is 1. The third kappa shape index (κ3) is 3.53. The van der Waals surface area contributed by atoms with E-state index in [1.165, 1.54) is 6.07 Å². The Hall–Kier alpha value is -2.51. The minimum absolute atomic E-state index is 0.104. The predicted molar refractivity (Wildman–Crippen MR) is 70.2 cm³/mol. The maximum Gasteiger partial charge on any atom is 0.418 e. The highest BCUT2D eigenvalue weighted by molar-refractivity contribution is 5.94. The highest BCUT2D eigenvalue weighted by Crippen LogP contribution is 2.33. The van der Waals surface area contributed by atoms with Gasteiger partial charge in [-0.15, -0.1) is 0 Å². The summed E-state index contributed by atoms with van der Waals surface area (Å²) in [5.41, 5.74) is 4.35. The zero-order valence-corrected chi connectivity index (χ0v) is 11.1. The minimum Gasteiger partial charge on any atom is -0.398 e. The number of aromatic nitrogens is 2. The molecule has 0 saturated heterocycles. The van der Waals surface area contributed by atoms with E-state index in [9.17, 15) is 18.0 Å². The van der Waals surface area contributed by atoms with Crippen molar-refractivity contribution in [3.63, 3.8) is 0 Å². The van der Waals surface area contributed by atoms with Crippen molar-refractivity contribution in [3.05, 3.63) is 47.3 Å². The number of anilines is 1. The molecule has 5 nitrogen and oxygen atoms in total. The first-order chi connectivity index (χ1) is 9.77. The van der Waals surface area contributed by atoms with Crippen molar-refractivity contribution in [1.82, 2.24) is 15.1 Å². The van der Waals surface area contributed by atoms with Crippen LogP contribution in [0, 0.1) is 0 Å². The molecule has 1 heterocycles. The molecule has 0 aliphatic carbocycles. The van der Waals surface area contributed by atoms with Gasteiger partial charge >= 0.3 is 6.18 Å².